The number of rotatable bonds is 4. The van der Waals surface area contributed by atoms with Crippen LogP contribution in [0.3, 0.4) is 0 Å². The number of H-pyrrole nitrogens is 1. The molecule has 0 aliphatic carbocycles. The highest BCUT2D eigenvalue weighted by atomic mass is 16.5. The number of pyridine rings is 2. The van der Waals surface area contributed by atoms with E-state index in [9.17, 15) is 4.79 Å². The first-order valence-electron chi connectivity index (χ1n) is 7.61. The summed E-state index contributed by atoms with van der Waals surface area (Å²) in [5.41, 5.74) is 1.43. The van der Waals surface area contributed by atoms with E-state index in [1.807, 2.05) is 6.92 Å². The fraction of sp³-hybridized carbons (Fsp3) is 0.188. The van der Waals surface area contributed by atoms with E-state index in [1.54, 1.807) is 24.5 Å². The number of nitrogens with one attached hydrogen (secondary N) is 1. The van der Waals surface area contributed by atoms with Crippen molar-refractivity contribution in [3.63, 3.8) is 0 Å². The number of aromatic amines is 1. The van der Waals surface area contributed by atoms with Crippen LogP contribution in [0.15, 0.2) is 35.5 Å². The van der Waals surface area contributed by atoms with Gasteiger partial charge in [0, 0.05) is 24.5 Å². The average Bonchev–Trinajstić information content (AvgIpc) is 2.98. The molecule has 9 heteroatoms. The molecule has 4 aromatic rings. The molecule has 4 heterocycles. The summed E-state index contributed by atoms with van der Waals surface area (Å²) < 4.78 is 12.3. The molecule has 0 saturated carbocycles. The maximum absolute atomic E-state index is 12.5. The minimum absolute atomic E-state index is 0.323. The number of ether oxygens (including phenoxy) is 2. The minimum Gasteiger partial charge on any atom is -0.494 e. The standard InChI is InChI=1S/C16H14N6O3/c1-3-25-10-5-7-18-15-13(10)22(16(23)21-15)11-8-19-14-12(20-11)9(24-2)4-6-17-14/h4-8H,3H2,1-2H3,(H,18,21,23). The number of aromatic nitrogens is 6. The summed E-state index contributed by atoms with van der Waals surface area (Å²) in [4.78, 5) is 32.3. The van der Waals surface area contributed by atoms with E-state index in [4.69, 9.17) is 9.47 Å². The second-order valence-electron chi connectivity index (χ2n) is 5.12. The third-order valence-electron chi connectivity index (χ3n) is 3.68. The van der Waals surface area contributed by atoms with Crippen LogP contribution in [0.25, 0.3) is 28.1 Å². The van der Waals surface area contributed by atoms with Gasteiger partial charge in [0.15, 0.2) is 22.6 Å². The number of hydrogen-bond acceptors (Lipinski definition) is 7. The van der Waals surface area contributed by atoms with E-state index in [1.165, 1.54) is 17.9 Å². The molecule has 0 atom stereocenters. The van der Waals surface area contributed by atoms with E-state index in [2.05, 4.69) is 24.9 Å². The Labute approximate surface area is 141 Å². The molecule has 0 aliphatic rings. The Morgan fingerprint density at radius 3 is 2.76 bits per heavy atom. The topological polar surface area (TPSA) is 108 Å². The Hall–Kier alpha value is -3.49. The second kappa shape index (κ2) is 5.86. The fourth-order valence-electron chi connectivity index (χ4n) is 2.65. The Kier molecular flexibility index (Phi) is 3.53. The fourth-order valence-corrected chi connectivity index (χ4v) is 2.65. The summed E-state index contributed by atoms with van der Waals surface area (Å²) in [6, 6.07) is 3.39. The van der Waals surface area contributed by atoms with Gasteiger partial charge in [-0.05, 0) is 6.92 Å². The van der Waals surface area contributed by atoms with E-state index in [-0.39, 0.29) is 5.69 Å². The summed E-state index contributed by atoms with van der Waals surface area (Å²) in [6.45, 7) is 2.33. The van der Waals surface area contributed by atoms with Gasteiger partial charge in [0.25, 0.3) is 0 Å². The van der Waals surface area contributed by atoms with Crippen LogP contribution in [-0.2, 0) is 0 Å². The van der Waals surface area contributed by atoms with Crippen LogP contribution in [0.2, 0.25) is 0 Å². The zero-order valence-corrected chi connectivity index (χ0v) is 13.6. The van der Waals surface area contributed by atoms with Gasteiger partial charge < -0.3 is 9.47 Å². The summed E-state index contributed by atoms with van der Waals surface area (Å²) in [7, 11) is 1.54. The van der Waals surface area contributed by atoms with Gasteiger partial charge in [0.2, 0.25) is 0 Å². The van der Waals surface area contributed by atoms with Gasteiger partial charge in [-0.25, -0.2) is 29.3 Å². The lowest BCUT2D eigenvalue weighted by Crippen LogP contribution is -2.16. The smallest absolute Gasteiger partial charge is 0.333 e. The van der Waals surface area contributed by atoms with E-state index >= 15 is 0 Å². The predicted octanol–water partition coefficient (Wildman–Crippen LogP) is 1.46. The van der Waals surface area contributed by atoms with Crippen LogP contribution in [0.1, 0.15) is 6.92 Å². The van der Waals surface area contributed by atoms with Crippen molar-refractivity contribution in [2.24, 2.45) is 0 Å². The quantitative estimate of drug-likeness (QED) is 0.600. The van der Waals surface area contributed by atoms with Gasteiger partial charge in [-0.15, -0.1) is 0 Å². The number of imidazole rings is 1. The maximum atomic E-state index is 12.5. The first-order chi connectivity index (χ1) is 12.2. The highest BCUT2D eigenvalue weighted by molar-refractivity contribution is 5.81. The molecule has 0 aromatic carbocycles. The van der Waals surface area contributed by atoms with Crippen molar-refractivity contribution in [2.45, 2.75) is 6.92 Å². The third-order valence-corrected chi connectivity index (χ3v) is 3.68. The van der Waals surface area contributed by atoms with Crippen molar-refractivity contribution in [3.8, 4) is 17.3 Å². The molecule has 0 bridgehead atoms. The van der Waals surface area contributed by atoms with Crippen molar-refractivity contribution in [1.29, 1.82) is 0 Å². The van der Waals surface area contributed by atoms with Crippen LogP contribution in [-0.4, -0.2) is 43.2 Å². The number of fused-ring (bicyclic) bond motifs is 2. The molecule has 4 rings (SSSR count). The van der Waals surface area contributed by atoms with Crippen molar-refractivity contribution < 1.29 is 9.47 Å². The molecule has 1 N–H and O–H groups in total. The van der Waals surface area contributed by atoms with Crippen molar-refractivity contribution >= 4 is 22.3 Å². The van der Waals surface area contributed by atoms with Crippen molar-refractivity contribution in [2.75, 3.05) is 13.7 Å². The van der Waals surface area contributed by atoms with E-state index in [0.29, 0.717) is 46.3 Å². The third kappa shape index (κ3) is 2.36. The number of nitrogens with zero attached hydrogens (tertiary/aromatic N) is 5. The van der Waals surface area contributed by atoms with Crippen LogP contribution in [0.5, 0.6) is 11.5 Å². The van der Waals surface area contributed by atoms with Crippen LogP contribution >= 0.6 is 0 Å². The highest BCUT2D eigenvalue weighted by Gasteiger charge is 2.17. The second-order valence-corrected chi connectivity index (χ2v) is 5.12. The lowest BCUT2D eigenvalue weighted by molar-refractivity contribution is 0.343. The molecule has 126 valence electrons. The Balaban J connectivity index is 2.03. The molecular formula is C16H14N6O3. The molecule has 0 saturated heterocycles. The Morgan fingerprint density at radius 1 is 1.16 bits per heavy atom. The molecule has 0 radical (unpaired) electrons. The highest BCUT2D eigenvalue weighted by Crippen LogP contribution is 2.25. The van der Waals surface area contributed by atoms with Gasteiger partial charge in [-0.1, -0.05) is 0 Å². The lowest BCUT2D eigenvalue weighted by atomic mass is 10.3. The normalized spacial score (nSPS) is 11.1. The van der Waals surface area contributed by atoms with Crippen molar-refractivity contribution in [3.05, 3.63) is 41.2 Å². The molecule has 0 spiro atoms. The number of hydrogen-bond donors (Lipinski definition) is 1. The zero-order valence-electron chi connectivity index (χ0n) is 13.6. The summed E-state index contributed by atoms with van der Waals surface area (Å²) in [6.07, 6.45) is 4.64. The van der Waals surface area contributed by atoms with Crippen LogP contribution in [0.4, 0.5) is 0 Å². The molecule has 0 unspecified atom stereocenters. The summed E-state index contributed by atoms with van der Waals surface area (Å²) in [5, 5.41) is 0. The van der Waals surface area contributed by atoms with Gasteiger partial charge in [-0.3, -0.25) is 4.98 Å². The minimum atomic E-state index is -0.383. The predicted molar refractivity (Wildman–Crippen MR) is 90.3 cm³/mol. The average molecular weight is 338 g/mol. The SMILES string of the molecule is CCOc1ccnc2[nH]c(=O)n(-c3cnc4nccc(OC)c4n3)c12. The molecule has 0 fully saturated rings. The van der Waals surface area contributed by atoms with Gasteiger partial charge >= 0.3 is 5.69 Å². The Morgan fingerprint density at radius 2 is 1.96 bits per heavy atom. The number of methoxy groups -OCH3 is 1. The lowest BCUT2D eigenvalue weighted by Gasteiger charge is -2.09. The van der Waals surface area contributed by atoms with Crippen LogP contribution < -0.4 is 15.2 Å². The van der Waals surface area contributed by atoms with Gasteiger partial charge in [-0.2, -0.15) is 0 Å². The molecule has 9 nitrogen and oxygen atoms in total. The van der Waals surface area contributed by atoms with E-state index in [0.717, 1.165) is 0 Å². The maximum Gasteiger partial charge on any atom is 0.333 e. The zero-order chi connectivity index (χ0) is 17.4. The molecule has 4 aromatic heterocycles. The van der Waals surface area contributed by atoms with Crippen LogP contribution in [0, 0.1) is 0 Å². The molecular weight excluding hydrogens is 324 g/mol. The largest absolute Gasteiger partial charge is 0.494 e. The molecule has 25 heavy (non-hydrogen) atoms. The first kappa shape index (κ1) is 15.1. The first-order valence-corrected chi connectivity index (χ1v) is 7.61. The van der Waals surface area contributed by atoms with Gasteiger partial charge in [0.1, 0.15) is 17.0 Å². The molecule has 0 amide bonds. The monoisotopic (exact) mass is 338 g/mol. The van der Waals surface area contributed by atoms with Crippen molar-refractivity contribution in [1.82, 2.24) is 29.5 Å². The molecule has 0 aliphatic heterocycles. The summed E-state index contributed by atoms with van der Waals surface area (Å²) >= 11 is 0. The van der Waals surface area contributed by atoms with Gasteiger partial charge in [0.05, 0.1) is 19.9 Å². The Bertz CT molecular complexity index is 1130. The van der Waals surface area contributed by atoms with E-state index < -0.39 is 0 Å². The summed E-state index contributed by atoms with van der Waals surface area (Å²) in [5.74, 6) is 1.38.